The molecule has 1 N–H and O–H groups in total. The smallest absolute Gasteiger partial charge is 0.209 e. The van der Waals surface area contributed by atoms with E-state index < -0.39 is 0 Å². The van der Waals surface area contributed by atoms with Crippen molar-refractivity contribution in [2.45, 2.75) is 70.0 Å². The molecule has 0 spiro atoms. The summed E-state index contributed by atoms with van der Waals surface area (Å²) in [4.78, 5) is 0. The van der Waals surface area contributed by atoms with Crippen LogP contribution < -0.4 is 5.32 Å². The van der Waals surface area contributed by atoms with Crippen molar-refractivity contribution in [3.63, 3.8) is 0 Å². The Kier molecular flexibility index (Phi) is 6.08. The standard InChI is InChI=1S/C12H25N5S/c1-6-7-10(2)18-11-14-15-16-17(11)9-8-13-12(3,4)5/h10,13H,6-9H2,1-5H3. The summed E-state index contributed by atoms with van der Waals surface area (Å²) in [6, 6.07) is 0. The van der Waals surface area contributed by atoms with E-state index in [1.54, 1.807) is 11.8 Å². The molecule has 1 aromatic rings. The fourth-order valence-electron chi connectivity index (χ4n) is 1.60. The minimum Gasteiger partial charge on any atom is -0.310 e. The molecular formula is C12H25N5S. The van der Waals surface area contributed by atoms with Gasteiger partial charge >= 0.3 is 0 Å². The summed E-state index contributed by atoms with van der Waals surface area (Å²) in [6.07, 6.45) is 2.39. The molecule has 0 radical (unpaired) electrons. The van der Waals surface area contributed by atoms with Gasteiger partial charge in [0.1, 0.15) is 0 Å². The summed E-state index contributed by atoms with van der Waals surface area (Å²) in [6.45, 7) is 12.6. The Bertz CT molecular complexity index is 344. The monoisotopic (exact) mass is 271 g/mol. The highest BCUT2D eigenvalue weighted by Crippen LogP contribution is 2.22. The van der Waals surface area contributed by atoms with Gasteiger partial charge in [0.25, 0.3) is 0 Å². The second-order valence-corrected chi connectivity index (χ2v) is 6.98. The van der Waals surface area contributed by atoms with E-state index in [-0.39, 0.29) is 5.54 Å². The Labute approximate surface area is 114 Å². The van der Waals surface area contributed by atoms with E-state index in [0.717, 1.165) is 18.2 Å². The van der Waals surface area contributed by atoms with Crippen LogP contribution in [0.15, 0.2) is 5.16 Å². The van der Waals surface area contributed by atoms with Gasteiger partial charge in [-0.15, -0.1) is 5.10 Å². The quantitative estimate of drug-likeness (QED) is 0.771. The number of aromatic nitrogens is 4. The van der Waals surface area contributed by atoms with Crippen molar-refractivity contribution in [1.82, 2.24) is 25.5 Å². The predicted octanol–water partition coefficient (Wildman–Crippen LogP) is 2.34. The number of tetrazole rings is 1. The Morgan fingerprint density at radius 1 is 1.39 bits per heavy atom. The SMILES string of the molecule is CCCC(C)Sc1nnnn1CCNC(C)(C)C. The summed E-state index contributed by atoms with van der Waals surface area (Å²) in [5, 5.41) is 16.8. The van der Waals surface area contributed by atoms with E-state index in [1.807, 2.05) is 4.68 Å². The van der Waals surface area contributed by atoms with Gasteiger partial charge in [0.15, 0.2) is 0 Å². The van der Waals surface area contributed by atoms with Gasteiger partial charge in [-0.3, -0.25) is 0 Å². The first-order valence-electron chi connectivity index (χ1n) is 6.60. The molecule has 1 aromatic heterocycles. The highest BCUT2D eigenvalue weighted by Gasteiger charge is 2.12. The maximum atomic E-state index is 4.09. The molecule has 0 aliphatic carbocycles. The Morgan fingerprint density at radius 3 is 2.72 bits per heavy atom. The number of rotatable bonds is 7. The lowest BCUT2D eigenvalue weighted by atomic mass is 10.1. The predicted molar refractivity (Wildman–Crippen MR) is 75.8 cm³/mol. The molecule has 6 heteroatoms. The average Bonchev–Trinajstić information content (AvgIpc) is 2.64. The second-order valence-electron chi connectivity index (χ2n) is 5.58. The van der Waals surface area contributed by atoms with Crippen LogP contribution in [0.1, 0.15) is 47.5 Å². The van der Waals surface area contributed by atoms with Crippen LogP contribution in [0.5, 0.6) is 0 Å². The summed E-state index contributed by atoms with van der Waals surface area (Å²) in [7, 11) is 0. The first kappa shape index (κ1) is 15.4. The van der Waals surface area contributed by atoms with Crippen LogP contribution in [-0.2, 0) is 6.54 Å². The van der Waals surface area contributed by atoms with E-state index in [4.69, 9.17) is 0 Å². The van der Waals surface area contributed by atoms with E-state index in [0.29, 0.717) is 5.25 Å². The first-order valence-corrected chi connectivity index (χ1v) is 7.48. The van der Waals surface area contributed by atoms with Gasteiger partial charge in [-0.1, -0.05) is 32.0 Å². The van der Waals surface area contributed by atoms with Gasteiger partial charge in [0.05, 0.1) is 6.54 Å². The average molecular weight is 271 g/mol. The molecule has 0 fully saturated rings. The molecule has 5 nitrogen and oxygen atoms in total. The Morgan fingerprint density at radius 2 is 2.11 bits per heavy atom. The molecule has 1 atom stereocenters. The van der Waals surface area contributed by atoms with Crippen LogP contribution in [0, 0.1) is 0 Å². The third-order valence-corrected chi connectivity index (χ3v) is 3.62. The van der Waals surface area contributed by atoms with Crippen LogP contribution in [0.25, 0.3) is 0 Å². The topological polar surface area (TPSA) is 55.6 Å². The van der Waals surface area contributed by atoms with Gasteiger partial charge in [0, 0.05) is 17.3 Å². The molecule has 0 aliphatic heterocycles. The molecule has 0 aliphatic rings. The summed E-state index contributed by atoms with van der Waals surface area (Å²) < 4.78 is 1.88. The van der Waals surface area contributed by atoms with Crippen LogP contribution in [-0.4, -0.2) is 37.5 Å². The maximum absolute atomic E-state index is 4.09. The van der Waals surface area contributed by atoms with Crippen LogP contribution in [0.3, 0.4) is 0 Å². The number of hydrogen-bond donors (Lipinski definition) is 1. The van der Waals surface area contributed by atoms with Gasteiger partial charge in [0.2, 0.25) is 5.16 Å². The number of hydrogen-bond acceptors (Lipinski definition) is 5. The molecule has 0 bridgehead atoms. The van der Waals surface area contributed by atoms with Gasteiger partial charge in [-0.25, -0.2) is 4.68 Å². The third kappa shape index (κ3) is 5.82. The van der Waals surface area contributed by atoms with Gasteiger partial charge < -0.3 is 5.32 Å². The first-order chi connectivity index (χ1) is 8.42. The van der Waals surface area contributed by atoms with E-state index in [1.165, 1.54) is 12.8 Å². The molecule has 1 unspecified atom stereocenters. The lowest BCUT2D eigenvalue weighted by Gasteiger charge is -2.20. The fourth-order valence-corrected chi connectivity index (χ4v) is 2.65. The Hall–Kier alpha value is -0.620. The summed E-state index contributed by atoms with van der Waals surface area (Å²) in [5.74, 6) is 0. The second kappa shape index (κ2) is 7.09. The number of nitrogens with one attached hydrogen (secondary N) is 1. The number of nitrogens with zero attached hydrogens (tertiary/aromatic N) is 4. The lowest BCUT2D eigenvalue weighted by molar-refractivity contribution is 0.396. The molecule has 18 heavy (non-hydrogen) atoms. The molecule has 104 valence electrons. The third-order valence-electron chi connectivity index (χ3n) is 2.48. The highest BCUT2D eigenvalue weighted by atomic mass is 32.2. The molecule has 0 saturated heterocycles. The number of thioether (sulfide) groups is 1. The zero-order valence-corrected chi connectivity index (χ0v) is 12.9. The molecule has 0 amide bonds. The minimum absolute atomic E-state index is 0.136. The van der Waals surface area contributed by atoms with Crippen LogP contribution in [0.4, 0.5) is 0 Å². The van der Waals surface area contributed by atoms with Crippen molar-refractivity contribution in [2.75, 3.05) is 6.54 Å². The molecular weight excluding hydrogens is 246 g/mol. The maximum Gasteiger partial charge on any atom is 0.209 e. The van der Waals surface area contributed by atoms with Crippen molar-refractivity contribution in [3.8, 4) is 0 Å². The Balaban J connectivity index is 2.44. The molecule has 1 heterocycles. The van der Waals surface area contributed by atoms with Crippen molar-refractivity contribution < 1.29 is 0 Å². The largest absolute Gasteiger partial charge is 0.310 e. The van der Waals surface area contributed by atoms with E-state index >= 15 is 0 Å². The van der Waals surface area contributed by atoms with E-state index in [9.17, 15) is 0 Å². The summed E-state index contributed by atoms with van der Waals surface area (Å²) in [5.41, 5.74) is 0.136. The van der Waals surface area contributed by atoms with Gasteiger partial charge in [-0.05, 0) is 37.6 Å². The van der Waals surface area contributed by atoms with E-state index in [2.05, 4.69) is 55.5 Å². The summed E-state index contributed by atoms with van der Waals surface area (Å²) >= 11 is 1.76. The van der Waals surface area contributed by atoms with Crippen LogP contribution in [0.2, 0.25) is 0 Å². The molecule has 1 rings (SSSR count). The fraction of sp³-hybridized carbons (Fsp3) is 0.917. The van der Waals surface area contributed by atoms with Crippen molar-refractivity contribution >= 4 is 11.8 Å². The zero-order chi connectivity index (χ0) is 13.6. The molecule has 0 saturated carbocycles. The minimum atomic E-state index is 0.136. The van der Waals surface area contributed by atoms with Crippen LogP contribution >= 0.6 is 11.8 Å². The van der Waals surface area contributed by atoms with Crippen molar-refractivity contribution in [1.29, 1.82) is 0 Å². The van der Waals surface area contributed by atoms with Crippen molar-refractivity contribution in [3.05, 3.63) is 0 Å². The lowest BCUT2D eigenvalue weighted by Crippen LogP contribution is -2.38. The molecule has 0 aromatic carbocycles. The highest BCUT2D eigenvalue weighted by molar-refractivity contribution is 7.99. The normalized spacial score (nSPS) is 13.8. The van der Waals surface area contributed by atoms with Crippen molar-refractivity contribution in [2.24, 2.45) is 0 Å². The van der Waals surface area contributed by atoms with Gasteiger partial charge in [-0.2, -0.15) is 0 Å². The zero-order valence-electron chi connectivity index (χ0n) is 12.1.